The van der Waals surface area contributed by atoms with Crippen molar-refractivity contribution in [1.29, 1.82) is 0 Å². The van der Waals surface area contributed by atoms with E-state index in [1.54, 1.807) is 20.2 Å². The fourth-order valence-electron chi connectivity index (χ4n) is 1.28. The van der Waals surface area contributed by atoms with Crippen LogP contribution in [0.25, 0.3) is 0 Å². The Kier molecular flexibility index (Phi) is 3.29. The predicted octanol–water partition coefficient (Wildman–Crippen LogP) is 0.748. The van der Waals surface area contributed by atoms with Gasteiger partial charge in [0.15, 0.2) is 0 Å². The first kappa shape index (κ1) is 11.2. The first-order chi connectivity index (χ1) is 6.47. The van der Waals surface area contributed by atoms with Gasteiger partial charge in [-0.1, -0.05) is 0 Å². The van der Waals surface area contributed by atoms with Crippen LogP contribution >= 0.6 is 0 Å². The van der Waals surface area contributed by atoms with E-state index in [0.717, 1.165) is 5.82 Å². The molecule has 0 aromatic carbocycles. The lowest BCUT2D eigenvalue weighted by atomic mass is 9.96. The second kappa shape index (κ2) is 4.11. The quantitative estimate of drug-likeness (QED) is 0.776. The van der Waals surface area contributed by atoms with Gasteiger partial charge in [0.2, 0.25) is 0 Å². The monoisotopic (exact) mass is 198 g/mol. The van der Waals surface area contributed by atoms with Crippen molar-refractivity contribution in [3.05, 3.63) is 18.2 Å². The highest BCUT2D eigenvalue weighted by atomic mass is 16.5. The Morgan fingerprint density at radius 3 is 2.79 bits per heavy atom. The lowest BCUT2D eigenvalue weighted by molar-refractivity contribution is -0.0729. The van der Waals surface area contributed by atoms with Crippen LogP contribution in [0.4, 0.5) is 0 Å². The van der Waals surface area contributed by atoms with Gasteiger partial charge in [0.25, 0.3) is 0 Å². The average molecular weight is 198 g/mol. The molecule has 4 nitrogen and oxygen atoms in total. The summed E-state index contributed by atoms with van der Waals surface area (Å²) in [6.07, 6.45) is 3.87. The average Bonchev–Trinajstić information content (AvgIpc) is 2.50. The molecular formula is C10H18N2O2. The zero-order valence-corrected chi connectivity index (χ0v) is 9.19. The van der Waals surface area contributed by atoms with E-state index in [2.05, 4.69) is 4.98 Å². The van der Waals surface area contributed by atoms with E-state index >= 15 is 0 Å². The van der Waals surface area contributed by atoms with Crippen LogP contribution in [0.3, 0.4) is 0 Å². The highest BCUT2D eigenvalue weighted by Gasteiger charge is 2.30. The molecule has 0 saturated carbocycles. The standard InChI is InChI=1S/C10H18N2O2/c1-8(14-4)10(2,13)7-9-11-5-6-12(9)3/h5-6,8,13H,7H2,1-4H3. The molecule has 4 heteroatoms. The van der Waals surface area contributed by atoms with E-state index in [1.165, 1.54) is 0 Å². The summed E-state index contributed by atoms with van der Waals surface area (Å²) in [5.74, 6) is 0.860. The normalized spacial score (nSPS) is 17.8. The summed E-state index contributed by atoms with van der Waals surface area (Å²) in [7, 11) is 3.51. The van der Waals surface area contributed by atoms with Crippen LogP contribution in [0.15, 0.2) is 12.4 Å². The maximum absolute atomic E-state index is 10.1. The number of methoxy groups -OCH3 is 1. The number of nitrogens with zero attached hydrogens (tertiary/aromatic N) is 2. The van der Waals surface area contributed by atoms with Crippen LogP contribution in [0.2, 0.25) is 0 Å². The lowest BCUT2D eigenvalue weighted by Crippen LogP contribution is -2.41. The minimum atomic E-state index is -0.881. The number of aryl methyl sites for hydroxylation is 1. The van der Waals surface area contributed by atoms with E-state index in [9.17, 15) is 5.11 Å². The molecule has 2 unspecified atom stereocenters. The first-order valence-corrected chi connectivity index (χ1v) is 4.68. The van der Waals surface area contributed by atoms with Gasteiger partial charge in [0.05, 0.1) is 11.7 Å². The summed E-state index contributed by atoms with van der Waals surface area (Å²) in [6.45, 7) is 3.61. The molecule has 0 aliphatic carbocycles. The Hall–Kier alpha value is -0.870. The largest absolute Gasteiger partial charge is 0.387 e. The Morgan fingerprint density at radius 1 is 1.71 bits per heavy atom. The minimum absolute atomic E-state index is 0.209. The maximum Gasteiger partial charge on any atom is 0.111 e. The highest BCUT2D eigenvalue weighted by Crippen LogP contribution is 2.17. The number of imidazole rings is 1. The minimum Gasteiger partial charge on any atom is -0.387 e. The van der Waals surface area contributed by atoms with E-state index in [-0.39, 0.29) is 6.10 Å². The number of rotatable bonds is 4. The van der Waals surface area contributed by atoms with Gasteiger partial charge in [-0.05, 0) is 13.8 Å². The van der Waals surface area contributed by atoms with E-state index in [1.807, 2.05) is 24.7 Å². The number of aromatic nitrogens is 2. The zero-order chi connectivity index (χ0) is 10.8. The lowest BCUT2D eigenvalue weighted by Gasteiger charge is -2.28. The number of aliphatic hydroxyl groups is 1. The Balaban J connectivity index is 2.73. The summed E-state index contributed by atoms with van der Waals surface area (Å²) in [6, 6.07) is 0. The van der Waals surface area contributed by atoms with Crippen LogP contribution in [0.5, 0.6) is 0 Å². The number of ether oxygens (including phenoxy) is 1. The number of hydrogen-bond donors (Lipinski definition) is 1. The van der Waals surface area contributed by atoms with Gasteiger partial charge in [-0.25, -0.2) is 4.98 Å². The molecule has 1 aromatic heterocycles. The van der Waals surface area contributed by atoms with Crippen molar-refractivity contribution in [3.8, 4) is 0 Å². The zero-order valence-electron chi connectivity index (χ0n) is 9.19. The molecule has 1 heterocycles. The molecule has 0 amide bonds. The molecule has 1 aromatic rings. The molecule has 0 radical (unpaired) electrons. The molecule has 0 bridgehead atoms. The van der Waals surface area contributed by atoms with Crippen LogP contribution in [-0.2, 0) is 18.2 Å². The van der Waals surface area contributed by atoms with E-state index in [4.69, 9.17) is 4.74 Å². The van der Waals surface area contributed by atoms with Crippen molar-refractivity contribution in [2.24, 2.45) is 7.05 Å². The van der Waals surface area contributed by atoms with Gasteiger partial charge in [-0.2, -0.15) is 0 Å². The fraction of sp³-hybridized carbons (Fsp3) is 0.700. The SMILES string of the molecule is COC(C)C(C)(O)Cc1nccn1C. The summed E-state index contributed by atoms with van der Waals surface area (Å²) < 4.78 is 7.02. The Labute approximate surface area is 84.5 Å². The molecule has 0 aliphatic heterocycles. The topological polar surface area (TPSA) is 47.3 Å². The summed E-state index contributed by atoms with van der Waals surface area (Å²) in [5.41, 5.74) is -0.881. The molecule has 0 saturated heterocycles. The van der Waals surface area contributed by atoms with Crippen LogP contribution in [0, 0.1) is 0 Å². The molecule has 0 fully saturated rings. The molecule has 0 spiro atoms. The number of hydrogen-bond acceptors (Lipinski definition) is 3. The van der Waals surface area contributed by atoms with Gasteiger partial charge in [0.1, 0.15) is 5.82 Å². The fourth-order valence-corrected chi connectivity index (χ4v) is 1.28. The van der Waals surface area contributed by atoms with Gasteiger partial charge in [0, 0.05) is 33.0 Å². The van der Waals surface area contributed by atoms with E-state index in [0.29, 0.717) is 6.42 Å². The molecular weight excluding hydrogens is 180 g/mol. The van der Waals surface area contributed by atoms with E-state index < -0.39 is 5.60 Å². The maximum atomic E-state index is 10.1. The molecule has 80 valence electrons. The molecule has 2 atom stereocenters. The summed E-state index contributed by atoms with van der Waals surface area (Å²) in [5, 5.41) is 10.1. The van der Waals surface area contributed by atoms with Crippen LogP contribution in [0.1, 0.15) is 19.7 Å². The van der Waals surface area contributed by atoms with Crippen molar-refractivity contribution >= 4 is 0 Å². The van der Waals surface area contributed by atoms with Gasteiger partial charge in [-0.15, -0.1) is 0 Å². The Bertz CT molecular complexity index is 294. The van der Waals surface area contributed by atoms with Crippen LogP contribution < -0.4 is 0 Å². The summed E-state index contributed by atoms with van der Waals surface area (Å²) in [4.78, 5) is 4.17. The van der Waals surface area contributed by atoms with Crippen molar-refractivity contribution in [2.75, 3.05) is 7.11 Å². The molecule has 1 N–H and O–H groups in total. The second-order valence-electron chi connectivity index (χ2n) is 3.87. The van der Waals surface area contributed by atoms with Crippen molar-refractivity contribution < 1.29 is 9.84 Å². The van der Waals surface area contributed by atoms with Gasteiger partial charge in [-0.3, -0.25) is 0 Å². The Morgan fingerprint density at radius 2 is 2.36 bits per heavy atom. The third-order valence-electron chi connectivity index (χ3n) is 2.67. The third-order valence-corrected chi connectivity index (χ3v) is 2.67. The van der Waals surface area contributed by atoms with Crippen LogP contribution in [-0.4, -0.2) is 33.5 Å². The van der Waals surface area contributed by atoms with Crippen molar-refractivity contribution in [1.82, 2.24) is 9.55 Å². The highest BCUT2D eigenvalue weighted by molar-refractivity contribution is 4.98. The third kappa shape index (κ3) is 2.33. The predicted molar refractivity (Wildman–Crippen MR) is 54.0 cm³/mol. The first-order valence-electron chi connectivity index (χ1n) is 4.68. The van der Waals surface area contributed by atoms with Gasteiger partial charge >= 0.3 is 0 Å². The van der Waals surface area contributed by atoms with Crippen molar-refractivity contribution in [2.45, 2.75) is 32.0 Å². The van der Waals surface area contributed by atoms with Crippen molar-refractivity contribution in [3.63, 3.8) is 0 Å². The molecule has 0 aliphatic rings. The molecule has 14 heavy (non-hydrogen) atoms. The summed E-state index contributed by atoms with van der Waals surface area (Å²) >= 11 is 0. The van der Waals surface area contributed by atoms with Gasteiger partial charge < -0.3 is 14.4 Å². The smallest absolute Gasteiger partial charge is 0.111 e. The second-order valence-corrected chi connectivity index (χ2v) is 3.87. The molecule has 1 rings (SSSR count).